The molecule has 0 spiro atoms. The van der Waals surface area contributed by atoms with Gasteiger partial charge in [0.15, 0.2) is 15.7 Å². The molecular formula is C16H19N5O2S. The van der Waals surface area contributed by atoms with Gasteiger partial charge in [-0.25, -0.2) is 8.42 Å². The summed E-state index contributed by atoms with van der Waals surface area (Å²) in [4.78, 5) is 3.31. The minimum atomic E-state index is -3.01. The van der Waals surface area contributed by atoms with Crippen LogP contribution in [-0.4, -0.2) is 47.5 Å². The summed E-state index contributed by atoms with van der Waals surface area (Å²) >= 11 is 0. The second-order valence-electron chi connectivity index (χ2n) is 5.96. The van der Waals surface area contributed by atoms with E-state index in [4.69, 9.17) is 0 Å². The molecule has 126 valence electrons. The van der Waals surface area contributed by atoms with Crippen LogP contribution in [0.2, 0.25) is 0 Å². The van der Waals surface area contributed by atoms with Crippen molar-refractivity contribution in [2.24, 2.45) is 0 Å². The number of nitrogens with zero attached hydrogens (tertiary/aromatic N) is 5. The van der Waals surface area contributed by atoms with Crippen LogP contribution in [-0.2, 0) is 9.84 Å². The van der Waals surface area contributed by atoms with Crippen LogP contribution >= 0.6 is 0 Å². The van der Waals surface area contributed by atoms with Gasteiger partial charge in [0.05, 0.1) is 17.2 Å². The van der Waals surface area contributed by atoms with Gasteiger partial charge in [0, 0.05) is 12.6 Å². The summed E-state index contributed by atoms with van der Waals surface area (Å²) in [5.41, 5.74) is 2.05. The van der Waals surface area contributed by atoms with Gasteiger partial charge in [-0.2, -0.15) is 5.26 Å². The Morgan fingerprint density at radius 3 is 2.79 bits per heavy atom. The number of anilines is 1. The number of hydrogen-bond acceptors (Lipinski definition) is 6. The summed E-state index contributed by atoms with van der Waals surface area (Å²) in [7, 11) is -3.01. The third kappa shape index (κ3) is 3.12. The average Bonchev–Trinajstić information content (AvgIpc) is 3.12. The molecule has 1 aliphatic heterocycles. The molecule has 1 saturated heterocycles. The van der Waals surface area contributed by atoms with Crippen molar-refractivity contribution in [3.05, 3.63) is 35.5 Å². The third-order valence-corrected chi connectivity index (χ3v) is 5.95. The normalized spacial score (nSPS) is 19.1. The Balaban J connectivity index is 1.99. The van der Waals surface area contributed by atoms with Crippen molar-refractivity contribution in [3.8, 4) is 11.8 Å². The van der Waals surface area contributed by atoms with E-state index in [0.29, 0.717) is 18.8 Å². The topological polar surface area (TPSA) is 91.9 Å². The van der Waals surface area contributed by atoms with Crippen LogP contribution in [0, 0.1) is 18.3 Å². The molecule has 24 heavy (non-hydrogen) atoms. The van der Waals surface area contributed by atoms with Gasteiger partial charge >= 0.3 is 0 Å². The zero-order valence-electron chi connectivity index (χ0n) is 13.7. The number of hydrogen-bond donors (Lipinski definition) is 0. The third-order valence-electron chi connectivity index (χ3n) is 4.20. The first-order chi connectivity index (χ1) is 11.4. The molecule has 0 aliphatic carbocycles. The molecule has 1 aliphatic rings. The highest BCUT2D eigenvalue weighted by Crippen LogP contribution is 2.25. The first kappa shape index (κ1) is 16.5. The van der Waals surface area contributed by atoms with Gasteiger partial charge in [0.1, 0.15) is 6.07 Å². The summed E-state index contributed by atoms with van der Waals surface area (Å²) in [6.45, 7) is 4.47. The summed E-state index contributed by atoms with van der Waals surface area (Å²) in [6.07, 6.45) is 0.554. The molecule has 3 rings (SSSR count). The van der Waals surface area contributed by atoms with Gasteiger partial charge in [-0.3, -0.25) is 0 Å². The molecular weight excluding hydrogens is 326 g/mol. The lowest BCUT2D eigenvalue weighted by molar-refractivity contribution is 0.599. The van der Waals surface area contributed by atoms with Crippen LogP contribution in [0.1, 0.15) is 24.6 Å². The van der Waals surface area contributed by atoms with Crippen molar-refractivity contribution in [1.29, 1.82) is 5.26 Å². The summed E-state index contributed by atoms with van der Waals surface area (Å²) < 4.78 is 23.6. The van der Waals surface area contributed by atoms with Crippen molar-refractivity contribution in [3.63, 3.8) is 0 Å². The molecule has 1 fully saturated rings. The fourth-order valence-corrected chi connectivity index (χ4v) is 4.77. The van der Waals surface area contributed by atoms with Gasteiger partial charge in [-0.05, 0) is 38.0 Å². The molecule has 0 amide bonds. The maximum atomic E-state index is 11.8. The smallest absolute Gasteiger partial charge is 0.207 e. The molecule has 1 aromatic carbocycles. The molecule has 2 heterocycles. The SMILES string of the molecule is CCN(c1nn(-c2cccc(C)c2)nc1C#N)C1CCS(=O)(=O)C1. The summed E-state index contributed by atoms with van der Waals surface area (Å²) in [6, 6.07) is 9.59. The lowest BCUT2D eigenvalue weighted by atomic mass is 10.2. The van der Waals surface area contributed by atoms with Gasteiger partial charge in [-0.1, -0.05) is 12.1 Å². The van der Waals surface area contributed by atoms with E-state index in [-0.39, 0.29) is 23.2 Å². The molecule has 8 heteroatoms. The van der Waals surface area contributed by atoms with E-state index >= 15 is 0 Å². The monoisotopic (exact) mass is 345 g/mol. The largest absolute Gasteiger partial charge is 0.349 e. The maximum absolute atomic E-state index is 11.8. The van der Waals surface area contributed by atoms with Crippen molar-refractivity contribution < 1.29 is 8.42 Å². The van der Waals surface area contributed by atoms with E-state index in [1.54, 1.807) is 0 Å². The Kier molecular flexibility index (Phi) is 4.28. The molecule has 0 radical (unpaired) electrons. The van der Waals surface area contributed by atoms with E-state index in [1.165, 1.54) is 4.80 Å². The van der Waals surface area contributed by atoms with Crippen molar-refractivity contribution >= 4 is 15.7 Å². The van der Waals surface area contributed by atoms with E-state index in [9.17, 15) is 13.7 Å². The zero-order valence-corrected chi connectivity index (χ0v) is 14.5. The highest BCUT2D eigenvalue weighted by molar-refractivity contribution is 7.91. The fourth-order valence-electron chi connectivity index (χ4n) is 3.03. The fraction of sp³-hybridized carbons (Fsp3) is 0.438. The number of aryl methyl sites for hydroxylation is 1. The van der Waals surface area contributed by atoms with Crippen LogP contribution in [0.15, 0.2) is 24.3 Å². The van der Waals surface area contributed by atoms with E-state index < -0.39 is 9.84 Å². The van der Waals surface area contributed by atoms with Crippen molar-refractivity contribution in [2.45, 2.75) is 26.3 Å². The lowest BCUT2D eigenvalue weighted by Gasteiger charge is -2.26. The van der Waals surface area contributed by atoms with Gasteiger partial charge in [0.2, 0.25) is 5.69 Å². The summed E-state index contributed by atoms with van der Waals surface area (Å²) in [5.74, 6) is 0.731. The number of nitriles is 1. The average molecular weight is 345 g/mol. The van der Waals surface area contributed by atoms with Crippen LogP contribution in [0.5, 0.6) is 0 Å². The number of benzene rings is 1. The predicted molar refractivity (Wildman–Crippen MR) is 90.9 cm³/mol. The standard InChI is InChI=1S/C16H19N5O2S/c1-3-20(14-7-8-24(22,23)11-14)16-15(10-17)18-21(19-16)13-6-4-5-12(2)9-13/h4-6,9,14H,3,7-8,11H2,1-2H3. The molecule has 1 aromatic heterocycles. The van der Waals surface area contributed by atoms with Crippen molar-refractivity contribution in [1.82, 2.24) is 15.0 Å². The van der Waals surface area contributed by atoms with E-state index in [1.807, 2.05) is 43.0 Å². The highest BCUT2D eigenvalue weighted by atomic mass is 32.2. The zero-order chi connectivity index (χ0) is 17.3. The first-order valence-electron chi connectivity index (χ1n) is 7.85. The van der Waals surface area contributed by atoms with Crippen LogP contribution in [0.25, 0.3) is 5.69 Å². The van der Waals surface area contributed by atoms with Crippen LogP contribution in [0.4, 0.5) is 5.82 Å². The Bertz CT molecular complexity index is 897. The highest BCUT2D eigenvalue weighted by Gasteiger charge is 2.34. The molecule has 1 unspecified atom stereocenters. The minimum absolute atomic E-state index is 0.100. The Labute approximate surface area is 141 Å². The second-order valence-corrected chi connectivity index (χ2v) is 8.18. The number of rotatable bonds is 4. The number of aromatic nitrogens is 3. The first-order valence-corrected chi connectivity index (χ1v) is 9.67. The Morgan fingerprint density at radius 1 is 1.42 bits per heavy atom. The molecule has 2 aromatic rings. The van der Waals surface area contributed by atoms with Crippen molar-refractivity contribution in [2.75, 3.05) is 23.0 Å². The molecule has 0 bridgehead atoms. The molecule has 1 atom stereocenters. The molecule has 0 saturated carbocycles. The molecule has 7 nitrogen and oxygen atoms in total. The second kappa shape index (κ2) is 6.24. The lowest BCUT2D eigenvalue weighted by Crippen LogP contribution is -2.37. The Hall–Kier alpha value is -2.40. The van der Waals surface area contributed by atoms with Gasteiger partial charge in [-0.15, -0.1) is 15.0 Å². The van der Waals surface area contributed by atoms with Crippen LogP contribution < -0.4 is 4.90 Å². The van der Waals surface area contributed by atoms with E-state index in [2.05, 4.69) is 16.3 Å². The molecule has 0 N–H and O–H groups in total. The Morgan fingerprint density at radius 2 is 2.21 bits per heavy atom. The van der Waals surface area contributed by atoms with Gasteiger partial charge in [0.25, 0.3) is 0 Å². The summed E-state index contributed by atoms with van der Waals surface area (Å²) in [5, 5.41) is 18.2. The minimum Gasteiger partial charge on any atom is -0.349 e. The van der Waals surface area contributed by atoms with Gasteiger partial charge < -0.3 is 4.90 Å². The van der Waals surface area contributed by atoms with E-state index in [0.717, 1.165) is 11.3 Å². The quantitative estimate of drug-likeness (QED) is 0.833. The predicted octanol–water partition coefficient (Wildman–Crippen LogP) is 1.46. The maximum Gasteiger partial charge on any atom is 0.207 e. The van der Waals surface area contributed by atoms with Crippen LogP contribution in [0.3, 0.4) is 0 Å². The number of sulfone groups is 1.